The fourth-order valence-corrected chi connectivity index (χ4v) is 3.24. The van der Waals surface area contributed by atoms with Crippen LogP contribution in [0.15, 0.2) is 24.3 Å². The van der Waals surface area contributed by atoms with Gasteiger partial charge in [-0.05, 0) is 30.7 Å². The van der Waals surface area contributed by atoms with E-state index >= 15 is 0 Å². The molecule has 0 bridgehead atoms. The number of nitrogens with zero attached hydrogens (tertiary/aromatic N) is 3. The first-order chi connectivity index (χ1) is 12.2. The van der Waals surface area contributed by atoms with Crippen LogP contribution in [0.25, 0.3) is 0 Å². The summed E-state index contributed by atoms with van der Waals surface area (Å²) in [4.78, 5) is 29.7. The number of amides is 2. The zero-order chi connectivity index (χ0) is 17.6. The van der Waals surface area contributed by atoms with Crippen LogP contribution in [0.1, 0.15) is 12.8 Å². The van der Waals surface area contributed by atoms with Crippen LogP contribution in [0.3, 0.4) is 0 Å². The number of ether oxygens (including phenoxy) is 1. The summed E-state index contributed by atoms with van der Waals surface area (Å²) in [5.41, 5.74) is 0.876. The van der Waals surface area contributed by atoms with Crippen LogP contribution in [0.2, 0.25) is 0 Å². The van der Waals surface area contributed by atoms with Crippen molar-refractivity contribution in [2.24, 2.45) is 0 Å². The minimum atomic E-state index is -0.0255. The maximum absolute atomic E-state index is 12.2. The van der Waals surface area contributed by atoms with E-state index in [4.69, 9.17) is 9.84 Å². The summed E-state index contributed by atoms with van der Waals surface area (Å²) in [7, 11) is 0. The smallest absolute Gasteiger partial charge is 0.260 e. The van der Waals surface area contributed by atoms with Crippen LogP contribution >= 0.6 is 0 Å². The minimum Gasteiger partial charge on any atom is -0.484 e. The lowest BCUT2D eigenvalue weighted by atomic mass is 10.3. The van der Waals surface area contributed by atoms with Crippen molar-refractivity contribution in [3.63, 3.8) is 0 Å². The van der Waals surface area contributed by atoms with Gasteiger partial charge in [-0.25, -0.2) is 0 Å². The van der Waals surface area contributed by atoms with Crippen LogP contribution in [-0.2, 0) is 9.59 Å². The lowest BCUT2D eigenvalue weighted by molar-refractivity contribution is -0.135. The number of hydrogen-bond acceptors (Lipinski definition) is 5. The Bertz CT molecular complexity index is 597. The van der Waals surface area contributed by atoms with Gasteiger partial charge in [0.05, 0.1) is 6.61 Å². The second-order valence-electron chi connectivity index (χ2n) is 6.38. The summed E-state index contributed by atoms with van der Waals surface area (Å²) in [6.07, 6.45) is 1.51. The normalized spacial score (nSPS) is 18.7. The van der Waals surface area contributed by atoms with Gasteiger partial charge in [0.1, 0.15) is 5.75 Å². The molecular weight excluding hydrogens is 322 g/mol. The zero-order valence-electron chi connectivity index (χ0n) is 14.4. The van der Waals surface area contributed by atoms with Crippen molar-refractivity contribution in [3.05, 3.63) is 24.3 Å². The van der Waals surface area contributed by atoms with Crippen molar-refractivity contribution in [1.82, 2.24) is 9.80 Å². The van der Waals surface area contributed by atoms with Crippen LogP contribution < -0.4 is 9.64 Å². The number of β-amino-alcohol motifs (C(OH)–C–C–N with tert-alkyl or cyclic N) is 1. The SMILES string of the molecule is O=C(COc1ccc(N2CCCC2=O)cc1)N1CCN(CCO)CC1. The number of aliphatic hydroxyl groups is 1. The molecule has 1 N–H and O–H groups in total. The first-order valence-electron chi connectivity index (χ1n) is 8.81. The van der Waals surface area contributed by atoms with E-state index < -0.39 is 0 Å². The molecule has 0 spiro atoms. The minimum absolute atomic E-state index is 0.0159. The lowest BCUT2D eigenvalue weighted by Crippen LogP contribution is -2.50. The summed E-state index contributed by atoms with van der Waals surface area (Å²) in [6.45, 7) is 4.48. The highest BCUT2D eigenvalue weighted by Crippen LogP contribution is 2.23. The van der Waals surface area contributed by atoms with Crippen LogP contribution in [0, 0.1) is 0 Å². The van der Waals surface area contributed by atoms with Crippen molar-refractivity contribution in [2.75, 3.05) is 57.4 Å². The molecule has 0 saturated carbocycles. The van der Waals surface area contributed by atoms with E-state index in [1.54, 1.807) is 21.9 Å². The number of anilines is 1. The van der Waals surface area contributed by atoms with E-state index in [0.29, 0.717) is 31.8 Å². The number of benzene rings is 1. The van der Waals surface area contributed by atoms with Gasteiger partial charge in [-0.15, -0.1) is 0 Å². The maximum Gasteiger partial charge on any atom is 0.260 e. The Morgan fingerprint density at radius 3 is 2.40 bits per heavy atom. The topological polar surface area (TPSA) is 73.3 Å². The number of hydrogen-bond donors (Lipinski definition) is 1. The van der Waals surface area contributed by atoms with Gasteiger partial charge in [-0.1, -0.05) is 0 Å². The van der Waals surface area contributed by atoms with E-state index in [0.717, 1.165) is 31.7 Å². The molecule has 2 saturated heterocycles. The third kappa shape index (κ3) is 4.49. The standard InChI is InChI=1S/C18H25N3O4/c22-13-12-19-8-10-20(11-9-19)18(24)14-25-16-5-3-15(4-6-16)21-7-1-2-17(21)23/h3-6,22H,1-2,7-14H2. The summed E-state index contributed by atoms with van der Waals surface area (Å²) in [5.74, 6) is 0.759. The Kier molecular flexibility index (Phi) is 5.88. The Morgan fingerprint density at radius 1 is 1.08 bits per heavy atom. The second-order valence-corrected chi connectivity index (χ2v) is 6.38. The summed E-state index contributed by atoms with van der Waals surface area (Å²) in [5, 5.41) is 8.94. The molecule has 2 amide bonds. The third-order valence-electron chi connectivity index (χ3n) is 4.73. The van der Waals surface area contributed by atoms with E-state index in [1.165, 1.54) is 0 Å². The molecule has 2 heterocycles. The van der Waals surface area contributed by atoms with Crippen molar-refractivity contribution < 1.29 is 19.4 Å². The molecule has 136 valence electrons. The molecule has 0 radical (unpaired) electrons. The number of rotatable bonds is 6. The Hall–Kier alpha value is -2.12. The largest absolute Gasteiger partial charge is 0.484 e. The molecule has 3 rings (SSSR count). The quantitative estimate of drug-likeness (QED) is 0.803. The zero-order valence-corrected chi connectivity index (χ0v) is 14.4. The average Bonchev–Trinajstić information content (AvgIpc) is 3.07. The Balaban J connectivity index is 1.45. The van der Waals surface area contributed by atoms with E-state index in [-0.39, 0.29) is 25.0 Å². The summed E-state index contributed by atoms with van der Waals surface area (Å²) < 4.78 is 5.59. The fraction of sp³-hybridized carbons (Fsp3) is 0.556. The number of carbonyl (C=O) groups is 2. The van der Waals surface area contributed by atoms with Gasteiger partial charge >= 0.3 is 0 Å². The van der Waals surface area contributed by atoms with Crippen molar-refractivity contribution in [3.8, 4) is 5.75 Å². The van der Waals surface area contributed by atoms with Gasteiger partial charge in [-0.3, -0.25) is 14.5 Å². The molecule has 1 aromatic rings. The first-order valence-corrected chi connectivity index (χ1v) is 8.81. The lowest BCUT2D eigenvalue weighted by Gasteiger charge is -2.34. The van der Waals surface area contributed by atoms with Crippen LogP contribution in [0.5, 0.6) is 5.75 Å². The van der Waals surface area contributed by atoms with Crippen LogP contribution in [-0.4, -0.2) is 79.2 Å². The molecule has 0 unspecified atom stereocenters. The van der Waals surface area contributed by atoms with Gasteiger partial charge in [0.2, 0.25) is 5.91 Å². The first kappa shape index (κ1) is 17.7. The number of aliphatic hydroxyl groups excluding tert-OH is 1. The molecule has 0 aromatic heterocycles. The number of piperazine rings is 1. The van der Waals surface area contributed by atoms with Gasteiger partial charge < -0.3 is 19.6 Å². The highest BCUT2D eigenvalue weighted by Gasteiger charge is 2.22. The van der Waals surface area contributed by atoms with Crippen molar-refractivity contribution in [2.45, 2.75) is 12.8 Å². The molecule has 25 heavy (non-hydrogen) atoms. The molecule has 2 aliphatic heterocycles. The molecule has 7 nitrogen and oxygen atoms in total. The average molecular weight is 347 g/mol. The molecule has 2 fully saturated rings. The van der Waals surface area contributed by atoms with Gasteiger partial charge in [0.15, 0.2) is 6.61 Å². The van der Waals surface area contributed by atoms with E-state index in [1.807, 2.05) is 12.1 Å². The highest BCUT2D eigenvalue weighted by atomic mass is 16.5. The molecule has 1 aromatic carbocycles. The predicted octanol–water partition coefficient (Wildman–Crippen LogP) is 0.329. The van der Waals surface area contributed by atoms with E-state index in [9.17, 15) is 9.59 Å². The van der Waals surface area contributed by atoms with E-state index in [2.05, 4.69) is 4.90 Å². The second kappa shape index (κ2) is 8.31. The Morgan fingerprint density at radius 2 is 1.80 bits per heavy atom. The van der Waals surface area contributed by atoms with Gasteiger partial charge in [0.25, 0.3) is 5.91 Å². The van der Waals surface area contributed by atoms with Crippen molar-refractivity contribution >= 4 is 17.5 Å². The highest BCUT2D eigenvalue weighted by molar-refractivity contribution is 5.95. The number of carbonyl (C=O) groups excluding carboxylic acids is 2. The monoisotopic (exact) mass is 347 g/mol. The maximum atomic E-state index is 12.2. The Labute approximate surface area is 147 Å². The summed E-state index contributed by atoms with van der Waals surface area (Å²) in [6, 6.07) is 7.31. The molecule has 7 heteroatoms. The van der Waals surface area contributed by atoms with Gasteiger partial charge in [-0.2, -0.15) is 0 Å². The van der Waals surface area contributed by atoms with Gasteiger partial charge in [0, 0.05) is 51.4 Å². The molecule has 0 atom stereocenters. The van der Waals surface area contributed by atoms with Crippen LogP contribution in [0.4, 0.5) is 5.69 Å². The molecule has 2 aliphatic rings. The molecule has 0 aliphatic carbocycles. The summed E-state index contributed by atoms with van der Waals surface area (Å²) >= 11 is 0. The van der Waals surface area contributed by atoms with Crippen molar-refractivity contribution in [1.29, 1.82) is 0 Å². The predicted molar refractivity (Wildman–Crippen MR) is 93.6 cm³/mol. The molecular formula is C18H25N3O4. The third-order valence-corrected chi connectivity index (χ3v) is 4.73. The fourth-order valence-electron chi connectivity index (χ4n) is 3.24.